The van der Waals surface area contributed by atoms with Crippen molar-refractivity contribution in [3.8, 4) is 11.4 Å². The molecule has 0 aliphatic carbocycles. The van der Waals surface area contributed by atoms with Crippen molar-refractivity contribution in [3.63, 3.8) is 0 Å². The standard InChI is InChI=1S/C16H23N3/c1-2-3-4-6-15(12-17)13-7-5-8-14(11-13)16-18-9-10-19-16/h5,7-11,15H,2-4,6,12,17H2,1H3,(H,18,19). The second kappa shape index (κ2) is 7.10. The Morgan fingerprint density at radius 1 is 1.32 bits per heavy atom. The zero-order chi connectivity index (χ0) is 13.5. The van der Waals surface area contributed by atoms with Gasteiger partial charge in [0.2, 0.25) is 0 Å². The molecule has 0 aliphatic heterocycles. The van der Waals surface area contributed by atoms with Gasteiger partial charge in [0, 0.05) is 18.0 Å². The van der Waals surface area contributed by atoms with E-state index < -0.39 is 0 Å². The lowest BCUT2D eigenvalue weighted by Crippen LogP contribution is -2.12. The molecular formula is C16H23N3. The summed E-state index contributed by atoms with van der Waals surface area (Å²) >= 11 is 0. The maximum atomic E-state index is 5.93. The van der Waals surface area contributed by atoms with Gasteiger partial charge in [-0.05, 0) is 30.5 Å². The molecule has 3 heteroatoms. The van der Waals surface area contributed by atoms with E-state index in [9.17, 15) is 0 Å². The largest absolute Gasteiger partial charge is 0.345 e. The molecule has 3 nitrogen and oxygen atoms in total. The van der Waals surface area contributed by atoms with Gasteiger partial charge in [0.1, 0.15) is 5.82 Å². The number of rotatable bonds is 7. The molecule has 1 heterocycles. The van der Waals surface area contributed by atoms with Gasteiger partial charge in [-0.25, -0.2) is 4.98 Å². The van der Waals surface area contributed by atoms with Crippen LogP contribution in [0.5, 0.6) is 0 Å². The molecular weight excluding hydrogens is 234 g/mol. The second-order valence-electron chi connectivity index (χ2n) is 4.99. The fourth-order valence-electron chi connectivity index (χ4n) is 2.42. The third-order valence-electron chi connectivity index (χ3n) is 3.57. The van der Waals surface area contributed by atoms with E-state index in [0.29, 0.717) is 12.5 Å². The van der Waals surface area contributed by atoms with Crippen LogP contribution in [-0.4, -0.2) is 16.5 Å². The van der Waals surface area contributed by atoms with Crippen LogP contribution in [-0.2, 0) is 0 Å². The number of imidazole rings is 1. The summed E-state index contributed by atoms with van der Waals surface area (Å²) in [4.78, 5) is 7.45. The molecule has 1 aromatic heterocycles. The minimum Gasteiger partial charge on any atom is -0.345 e. The monoisotopic (exact) mass is 257 g/mol. The zero-order valence-corrected chi connectivity index (χ0v) is 11.6. The predicted octanol–water partition coefficient (Wildman–Crippen LogP) is 3.70. The Hall–Kier alpha value is -1.61. The molecule has 2 aromatic rings. The van der Waals surface area contributed by atoms with Crippen LogP contribution in [0.3, 0.4) is 0 Å². The van der Waals surface area contributed by atoms with Gasteiger partial charge < -0.3 is 10.7 Å². The summed E-state index contributed by atoms with van der Waals surface area (Å²) in [5, 5.41) is 0. The Kier molecular flexibility index (Phi) is 5.16. The lowest BCUT2D eigenvalue weighted by molar-refractivity contribution is 0.572. The third kappa shape index (κ3) is 3.67. The summed E-state index contributed by atoms with van der Waals surface area (Å²) < 4.78 is 0. The van der Waals surface area contributed by atoms with E-state index in [1.165, 1.54) is 31.2 Å². The summed E-state index contributed by atoms with van der Waals surface area (Å²) in [7, 11) is 0. The van der Waals surface area contributed by atoms with Gasteiger partial charge in [-0.3, -0.25) is 0 Å². The molecule has 1 unspecified atom stereocenters. The fraction of sp³-hybridized carbons (Fsp3) is 0.438. The minimum atomic E-state index is 0.460. The Balaban J connectivity index is 2.12. The van der Waals surface area contributed by atoms with E-state index in [1.54, 1.807) is 6.20 Å². The SMILES string of the molecule is CCCCCC(CN)c1cccc(-c2ncc[nH]2)c1. The number of hydrogen-bond acceptors (Lipinski definition) is 2. The highest BCUT2D eigenvalue weighted by molar-refractivity contribution is 5.56. The van der Waals surface area contributed by atoms with Crippen LogP contribution in [0.25, 0.3) is 11.4 Å². The molecule has 0 saturated heterocycles. The van der Waals surface area contributed by atoms with Crippen molar-refractivity contribution in [2.75, 3.05) is 6.54 Å². The van der Waals surface area contributed by atoms with Gasteiger partial charge in [-0.1, -0.05) is 44.4 Å². The summed E-state index contributed by atoms with van der Waals surface area (Å²) in [5.74, 6) is 1.38. The molecule has 2 rings (SSSR count). The average Bonchev–Trinajstić information content (AvgIpc) is 2.98. The Morgan fingerprint density at radius 2 is 2.21 bits per heavy atom. The molecule has 0 saturated carbocycles. The van der Waals surface area contributed by atoms with Gasteiger partial charge in [-0.15, -0.1) is 0 Å². The van der Waals surface area contributed by atoms with E-state index >= 15 is 0 Å². The number of nitrogens with one attached hydrogen (secondary N) is 1. The van der Waals surface area contributed by atoms with Crippen LogP contribution >= 0.6 is 0 Å². The number of nitrogens with zero attached hydrogens (tertiary/aromatic N) is 1. The number of H-pyrrole nitrogens is 1. The van der Waals surface area contributed by atoms with Crippen molar-refractivity contribution in [1.82, 2.24) is 9.97 Å². The van der Waals surface area contributed by atoms with Crippen molar-refractivity contribution in [2.45, 2.75) is 38.5 Å². The van der Waals surface area contributed by atoms with Crippen LogP contribution in [0.1, 0.15) is 44.1 Å². The molecule has 0 amide bonds. The lowest BCUT2D eigenvalue weighted by Gasteiger charge is -2.15. The van der Waals surface area contributed by atoms with E-state index in [-0.39, 0.29) is 0 Å². The molecule has 1 atom stereocenters. The highest BCUT2D eigenvalue weighted by atomic mass is 14.9. The van der Waals surface area contributed by atoms with E-state index in [1.807, 2.05) is 6.20 Å². The second-order valence-corrected chi connectivity index (χ2v) is 4.99. The molecule has 19 heavy (non-hydrogen) atoms. The number of hydrogen-bond donors (Lipinski definition) is 2. The number of aromatic amines is 1. The Morgan fingerprint density at radius 3 is 2.89 bits per heavy atom. The zero-order valence-electron chi connectivity index (χ0n) is 11.6. The first kappa shape index (κ1) is 13.8. The summed E-state index contributed by atoms with van der Waals surface area (Å²) in [6.07, 6.45) is 8.60. The maximum Gasteiger partial charge on any atom is 0.137 e. The minimum absolute atomic E-state index is 0.460. The van der Waals surface area contributed by atoms with Crippen molar-refractivity contribution >= 4 is 0 Å². The van der Waals surface area contributed by atoms with Crippen LogP contribution < -0.4 is 5.73 Å². The topological polar surface area (TPSA) is 54.7 Å². The van der Waals surface area contributed by atoms with E-state index in [0.717, 1.165) is 11.4 Å². The van der Waals surface area contributed by atoms with Gasteiger partial charge in [0.25, 0.3) is 0 Å². The first-order chi connectivity index (χ1) is 9.35. The van der Waals surface area contributed by atoms with Crippen molar-refractivity contribution < 1.29 is 0 Å². The van der Waals surface area contributed by atoms with Gasteiger partial charge in [-0.2, -0.15) is 0 Å². The highest BCUT2D eigenvalue weighted by Crippen LogP contribution is 2.25. The smallest absolute Gasteiger partial charge is 0.137 e. The quantitative estimate of drug-likeness (QED) is 0.743. The highest BCUT2D eigenvalue weighted by Gasteiger charge is 2.10. The first-order valence-electron chi connectivity index (χ1n) is 7.15. The van der Waals surface area contributed by atoms with Gasteiger partial charge >= 0.3 is 0 Å². The molecule has 1 aromatic carbocycles. The number of unbranched alkanes of at least 4 members (excludes halogenated alkanes) is 2. The van der Waals surface area contributed by atoms with E-state index in [2.05, 4.69) is 41.2 Å². The third-order valence-corrected chi connectivity index (χ3v) is 3.57. The molecule has 0 aliphatic rings. The first-order valence-corrected chi connectivity index (χ1v) is 7.15. The van der Waals surface area contributed by atoms with Gasteiger partial charge in [0.05, 0.1) is 0 Å². The summed E-state index contributed by atoms with van der Waals surface area (Å²) in [6.45, 7) is 2.94. The normalized spacial score (nSPS) is 12.5. The lowest BCUT2D eigenvalue weighted by atomic mass is 9.92. The summed E-state index contributed by atoms with van der Waals surface area (Å²) in [6, 6.07) is 8.57. The van der Waals surface area contributed by atoms with Crippen molar-refractivity contribution in [1.29, 1.82) is 0 Å². The fourth-order valence-corrected chi connectivity index (χ4v) is 2.42. The van der Waals surface area contributed by atoms with Crippen molar-refractivity contribution in [2.24, 2.45) is 5.73 Å². The molecule has 0 bridgehead atoms. The molecule has 102 valence electrons. The Labute approximate surface area is 115 Å². The van der Waals surface area contributed by atoms with Crippen LogP contribution in [0.4, 0.5) is 0 Å². The molecule has 3 N–H and O–H groups in total. The van der Waals surface area contributed by atoms with Gasteiger partial charge in [0.15, 0.2) is 0 Å². The van der Waals surface area contributed by atoms with Crippen LogP contribution in [0, 0.1) is 0 Å². The van der Waals surface area contributed by atoms with Crippen molar-refractivity contribution in [3.05, 3.63) is 42.2 Å². The summed E-state index contributed by atoms with van der Waals surface area (Å²) in [5.41, 5.74) is 8.39. The van der Waals surface area contributed by atoms with Crippen LogP contribution in [0.15, 0.2) is 36.7 Å². The molecule has 0 fully saturated rings. The average molecular weight is 257 g/mol. The Bertz CT molecular complexity index is 476. The van der Waals surface area contributed by atoms with Crippen LogP contribution in [0.2, 0.25) is 0 Å². The number of aromatic nitrogens is 2. The maximum absolute atomic E-state index is 5.93. The van der Waals surface area contributed by atoms with E-state index in [4.69, 9.17) is 5.73 Å². The number of nitrogens with two attached hydrogens (primary N) is 1. The predicted molar refractivity (Wildman–Crippen MR) is 80.0 cm³/mol. The number of benzene rings is 1. The molecule has 0 radical (unpaired) electrons. The molecule has 0 spiro atoms.